The lowest BCUT2D eigenvalue weighted by Crippen LogP contribution is -2.40. The van der Waals surface area contributed by atoms with Crippen molar-refractivity contribution in [3.63, 3.8) is 0 Å². The predicted octanol–water partition coefficient (Wildman–Crippen LogP) is 3.38. The first-order valence-electron chi connectivity index (χ1n) is 7.07. The highest BCUT2D eigenvalue weighted by Crippen LogP contribution is 2.30. The molecule has 0 aromatic carbocycles. The van der Waals surface area contributed by atoms with Crippen LogP contribution in [0.1, 0.15) is 23.5 Å². The van der Waals surface area contributed by atoms with Gasteiger partial charge in [0, 0.05) is 37.2 Å². The number of aromatic nitrogens is 1. The summed E-state index contributed by atoms with van der Waals surface area (Å²) in [6.45, 7) is 1.36. The van der Waals surface area contributed by atoms with Crippen LogP contribution >= 0.6 is 47.1 Å². The first-order valence-corrected chi connectivity index (χ1v) is 8.99. The lowest BCUT2D eigenvalue weighted by atomic mass is 10.2. The average molecular weight is 480 g/mol. The summed E-state index contributed by atoms with van der Waals surface area (Å²) in [6.07, 6.45) is -1.44. The third-order valence-corrected chi connectivity index (χ3v) is 5.53. The van der Waals surface area contributed by atoms with Gasteiger partial charge in [-0.15, -0.1) is 35.3 Å². The highest BCUT2D eigenvalue weighted by Gasteiger charge is 2.33. The zero-order valence-electron chi connectivity index (χ0n) is 12.7. The molecule has 0 saturated carbocycles. The van der Waals surface area contributed by atoms with E-state index in [0.29, 0.717) is 29.2 Å². The summed E-state index contributed by atoms with van der Waals surface area (Å²) in [5.74, 6) is 1.89. The summed E-state index contributed by atoms with van der Waals surface area (Å²) >= 11 is 3.00. The number of nitrogens with zero attached hydrogens (tertiary/aromatic N) is 2. The van der Waals surface area contributed by atoms with E-state index in [1.54, 1.807) is 7.05 Å². The number of aliphatic imine (C=N–C) groups is 1. The van der Waals surface area contributed by atoms with Crippen molar-refractivity contribution < 1.29 is 13.2 Å². The fourth-order valence-corrected chi connectivity index (χ4v) is 4.09. The van der Waals surface area contributed by atoms with Crippen molar-refractivity contribution in [2.45, 2.75) is 30.7 Å². The number of guanidine groups is 1. The summed E-state index contributed by atoms with van der Waals surface area (Å²) in [5.41, 5.74) is -0.812. The SMILES string of the molecule is CN=C(NCCc1nc(C(F)(F)F)cs1)NCC1CCCS1.I. The molecular weight excluding hydrogens is 460 g/mol. The third kappa shape index (κ3) is 7.04. The van der Waals surface area contributed by atoms with Gasteiger partial charge in [0.25, 0.3) is 0 Å². The Bertz CT molecular complexity index is 502. The molecular formula is C13H20F3IN4S2. The van der Waals surface area contributed by atoms with Gasteiger partial charge in [-0.2, -0.15) is 24.9 Å². The average Bonchev–Trinajstić information content (AvgIpc) is 3.13. The number of thiazole rings is 1. The van der Waals surface area contributed by atoms with Gasteiger partial charge in [-0.1, -0.05) is 0 Å². The molecule has 1 atom stereocenters. The highest BCUT2D eigenvalue weighted by molar-refractivity contribution is 14.0. The summed E-state index contributed by atoms with van der Waals surface area (Å²) in [4.78, 5) is 7.72. The number of rotatable bonds is 5. The summed E-state index contributed by atoms with van der Waals surface area (Å²) in [7, 11) is 1.68. The molecule has 0 amide bonds. The van der Waals surface area contributed by atoms with Crippen LogP contribution in [0.5, 0.6) is 0 Å². The number of thioether (sulfide) groups is 1. The minimum atomic E-state index is -4.36. The fraction of sp³-hybridized carbons (Fsp3) is 0.692. The van der Waals surface area contributed by atoms with Crippen molar-refractivity contribution in [1.29, 1.82) is 0 Å². The quantitative estimate of drug-likeness (QED) is 0.386. The third-order valence-electron chi connectivity index (χ3n) is 3.22. The van der Waals surface area contributed by atoms with Crippen LogP contribution in [0.3, 0.4) is 0 Å². The van der Waals surface area contributed by atoms with Gasteiger partial charge in [-0.3, -0.25) is 4.99 Å². The van der Waals surface area contributed by atoms with Gasteiger partial charge >= 0.3 is 6.18 Å². The summed E-state index contributed by atoms with van der Waals surface area (Å²) < 4.78 is 37.4. The number of nitrogens with one attached hydrogen (secondary N) is 2. The van der Waals surface area contributed by atoms with Crippen LogP contribution in [0.25, 0.3) is 0 Å². The van der Waals surface area contributed by atoms with Crippen LogP contribution in [0.4, 0.5) is 13.2 Å². The molecule has 1 saturated heterocycles. The first-order chi connectivity index (χ1) is 10.5. The van der Waals surface area contributed by atoms with Gasteiger partial charge in [0.2, 0.25) is 0 Å². The van der Waals surface area contributed by atoms with E-state index in [9.17, 15) is 13.2 Å². The van der Waals surface area contributed by atoms with Crippen LogP contribution in [-0.2, 0) is 12.6 Å². The van der Waals surface area contributed by atoms with E-state index in [-0.39, 0.29) is 24.0 Å². The molecule has 2 rings (SSSR count). The zero-order valence-corrected chi connectivity index (χ0v) is 16.6. The second-order valence-electron chi connectivity index (χ2n) is 4.89. The molecule has 1 unspecified atom stereocenters. The minimum absolute atomic E-state index is 0. The molecule has 0 aliphatic carbocycles. The van der Waals surface area contributed by atoms with Crippen LogP contribution in [0.2, 0.25) is 0 Å². The van der Waals surface area contributed by atoms with Crippen molar-refractivity contribution in [3.8, 4) is 0 Å². The van der Waals surface area contributed by atoms with Crippen LogP contribution < -0.4 is 10.6 Å². The smallest absolute Gasteiger partial charge is 0.356 e. The molecule has 0 radical (unpaired) electrons. The Morgan fingerprint density at radius 1 is 1.43 bits per heavy atom. The molecule has 132 valence electrons. The van der Waals surface area contributed by atoms with Gasteiger partial charge < -0.3 is 10.6 Å². The van der Waals surface area contributed by atoms with Gasteiger partial charge in [-0.05, 0) is 18.6 Å². The van der Waals surface area contributed by atoms with Gasteiger partial charge in [0.05, 0.1) is 5.01 Å². The number of hydrogen-bond acceptors (Lipinski definition) is 4. The van der Waals surface area contributed by atoms with E-state index in [2.05, 4.69) is 20.6 Å². The molecule has 2 N–H and O–H groups in total. The Labute approximate surface area is 159 Å². The van der Waals surface area contributed by atoms with Crippen LogP contribution in [0, 0.1) is 0 Å². The van der Waals surface area contributed by atoms with Crippen molar-refractivity contribution in [2.75, 3.05) is 25.9 Å². The predicted molar refractivity (Wildman–Crippen MR) is 101 cm³/mol. The van der Waals surface area contributed by atoms with Gasteiger partial charge in [-0.25, -0.2) is 4.98 Å². The standard InChI is InChI=1S/C13H19F3N4S2.HI/c1-17-12(19-7-9-3-2-6-21-9)18-5-4-11-20-10(8-22-11)13(14,15)16;/h8-9H,2-7H2,1H3,(H2,17,18,19);1H. The number of hydrogen-bond donors (Lipinski definition) is 2. The van der Waals surface area contributed by atoms with E-state index in [1.165, 1.54) is 18.6 Å². The van der Waals surface area contributed by atoms with Crippen LogP contribution in [0.15, 0.2) is 10.4 Å². The molecule has 1 aliphatic rings. The van der Waals surface area contributed by atoms with E-state index in [1.807, 2.05) is 11.8 Å². The highest BCUT2D eigenvalue weighted by atomic mass is 127. The molecule has 1 aliphatic heterocycles. The molecule has 0 bridgehead atoms. The lowest BCUT2D eigenvalue weighted by molar-refractivity contribution is -0.140. The summed E-state index contributed by atoms with van der Waals surface area (Å²) in [5, 5.41) is 8.50. The lowest BCUT2D eigenvalue weighted by Gasteiger charge is -2.14. The molecule has 1 fully saturated rings. The monoisotopic (exact) mass is 480 g/mol. The molecule has 10 heteroatoms. The fourth-order valence-electron chi connectivity index (χ4n) is 2.08. The maximum atomic E-state index is 12.5. The molecule has 0 spiro atoms. The second kappa shape index (κ2) is 9.92. The van der Waals surface area contributed by atoms with Gasteiger partial charge in [0.1, 0.15) is 0 Å². The molecule has 1 aromatic rings. The van der Waals surface area contributed by atoms with E-state index in [4.69, 9.17) is 0 Å². The topological polar surface area (TPSA) is 49.3 Å². The van der Waals surface area contributed by atoms with Crippen molar-refractivity contribution in [3.05, 3.63) is 16.1 Å². The maximum Gasteiger partial charge on any atom is 0.434 e. The molecule has 1 aromatic heterocycles. The number of halogens is 4. The van der Waals surface area contributed by atoms with Crippen molar-refractivity contribution in [1.82, 2.24) is 15.6 Å². The van der Waals surface area contributed by atoms with Crippen molar-refractivity contribution >= 4 is 53.0 Å². The Morgan fingerprint density at radius 3 is 2.78 bits per heavy atom. The van der Waals surface area contributed by atoms with Crippen LogP contribution in [-0.4, -0.2) is 42.1 Å². The Morgan fingerprint density at radius 2 is 2.22 bits per heavy atom. The Kier molecular flexibility index (Phi) is 8.98. The van der Waals surface area contributed by atoms with Crippen molar-refractivity contribution in [2.24, 2.45) is 4.99 Å². The molecule has 4 nitrogen and oxygen atoms in total. The Hall–Kier alpha value is -0.230. The zero-order chi connectivity index (χ0) is 16.0. The van der Waals surface area contributed by atoms with E-state index in [0.717, 1.165) is 23.3 Å². The molecule has 2 heterocycles. The largest absolute Gasteiger partial charge is 0.434 e. The van der Waals surface area contributed by atoms with E-state index < -0.39 is 11.9 Å². The van der Waals surface area contributed by atoms with Gasteiger partial charge in [0.15, 0.2) is 11.7 Å². The Balaban J connectivity index is 0.00000264. The second-order valence-corrected chi connectivity index (χ2v) is 7.24. The van der Waals surface area contributed by atoms with E-state index >= 15 is 0 Å². The normalized spacial score (nSPS) is 18.6. The number of alkyl halides is 3. The maximum absolute atomic E-state index is 12.5. The first kappa shape index (κ1) is 20.8. The molecule has 23 heavy (non-hydrogen) atoms. The summed E-state index contributed by atoms with van der Waals surface area (Å²) in [6, 6.07) is 0. The minimum Gasteiger partial charge on any atom is -0.356 e.